The second-order valence-corrected chi connectivity index (χ2v) is 26.6. The lowest BCUT2D eigenvalue weighted by Crippen LogP contribution is -2.57. The molecule has 0 radical (unpaired) electrons. The van der Waals surface area contributed by atoms with Crippen LogP contribution in [0.2, 0.25) is 0 Å². The fourth-order valence-corrected chi connectivity index (χ4v) is 15.0. The number of aryl methyl sites for hydroxylation is 2. The van der Waals surface area contributed by atoms with Crippen molar-refractivity contribution in [3.8, 4) is 39.3 Å². The van der Waals surface area contributed by atoms with Gasteiger partial charge in [-0.05, 0) is 137 Å². The molecule has 88 heavy (non-hydrogen) atoms. The topological polar surface area (TPSA) is 220 Å². The number of aliphatic hydroxyl groups excluding tert-OH is 1. The number of ether oxygens (including phenoxy) is 5. The molecular weight excluding hydrogens is 1140 g/mol. The maximum atomic E-state index is 17.9. The van der Waals surface area contributed by atoms with Crippen molar-refractivity contribution < 1.29 is 52.1 Å². The number of rotatable bonds is 19. The van der Waals surface area contributed by atoms with Crippen LogP contribution in [0.4, 0.5) is 15.0 Å². The number of amides is 3. The van der Waals surface area contributed by atoms with Crippen LogP contribution in [0.15, 0.2) is 76.9 Å². The molecule has 0 saturated carbocycles. The fourth-order valence-electron chi connectivity index (χ4n) is 14.1. The van der Waals surface area contributed by atoms with Crippen molar-refractivity contribution in [1.82, 2.24) is 45.1 Å². The number of aliphatic hydroxyl groups is 1. The average Bonchev–Trinajstić information content (AvgIpc) is 3.16. The fraction of sp³-hybridized carbons (Fsp3) is 0.515. The van der Waals surface area contributed by atoms with Gasteiger partial charge in [-0.3, -0.25) is 24.4 Å². The van der Waals surface area contributed by atoms with Gasteiger partial charge < -0.3 is 48.4 Å². The largest absolute Gasteiger partial charge is 0.474 e. The minimum Gasteiger partial charge on any atom is -0.474 e. The van der Waals surface area contributed by atoms with E-state index in [2.05, 4.69) is 32.2 Å². The van der Waals surface area contributed by atoms with Gasteiger partial charge in [0, 0.05) is 57.0 Å². The molecule has 12 rings (SSSR count). The third-order valence-electron chi connectivity index (χ3n) is 18.4. The van der Waals surface area contributed by atoms with Gasteiger partial charge in [-0.1, -0.05) is 63.2 Å². The number of β-amino-alcohol motifs (C(OH)–C–C–N with tert-alkyl or cyclic N) is 1. The number of likely N-dealkylation sites (tertiary alicyclic amines) is 1. The highest BCUT2D eigenvalue weighted by atomic mass is 32.1. The summed E-state index contributed by atoms with van der Waals surface area (Å²) < 4.78 is 54.0. The first-order valence-electron chi connectivity index (χ1n) is 30.9. The van der Waals surface area contributed by atoms with E-state index in [4.69, 9.17) is 43.2 Å². The summed E-state index contributed by atoms with van der Waals surface area (Å²) in [5, 5.41) is 20.4. The van der Waals surface area contributed by atoms with E-state index in [-0.39, 0.29) is 103 Å². The highest BCUT2D eigenvalue weighted by Gasteiger charge is 2.51. The average molecular weight is 1220 g/mol. The third-order valence-corrected chi connectivity index (χ3v) is 19.3. The van der Waals surface area contributed by atoms with E-state index < -0.39 is 29.5 Å². The van der Waals surface area contributed by atoms with Crippen LogP contribution in [0.25, 0.3) is 43.4 Å². The molecule has 5 fully saturated rings. The van der Waals surface area contributed by atoms with E-state index in [1.165, 1.54) is 4.90 Å². The Morgan fingerprint density at radius 2 is 1.74 bits per heavy atom. The number of fused-ring (bicyclic) bond motifs is 5. The van der Waals surface area contributed by atoms with E-state index in [0.717, 1.165) is 83.1 Å². The molecular formula is C66H79FN10O10S. The van der Waals surface area contributed by atoms with Crippen LogP contribution in [0, 0.1) is 18.7 Å². The number of benzene rings is 3. The van der Waals surface area contributed by atoms with E-state index in [9.17, 15) is 19.5 Å². The van der Waals surface area contributed by atoms with E-state index in [1.807, 2.05) is 107 Å². The molecule has 0 aliphatic carbocycles. The SMILES string of the molecule is CCc1cccc2cc(OCOC)cc(-c3ncc4c(N5CC6CCC(C5)N6C(=O)OC(C)(C)C)nc(OC[C@]56CCCN5[C@@H](COc5cc([C@H](C(=O)N7C[C@H](O)C[C@H]7C(=O)N[C@@H](C)c7ccc(-c8scnc8C)cc7)C(C)C)on5)CC6)nc4c3F)c12. The Morgan fingerprint density at radius 1 is 0.955 bits per heavy atom. The predicted octanol–water partition coefficient (Wildman–Crippen LogP) is 10.6. The molecule has 2 bridgehead atoms. The monoisotopic (exact) mass is 1220 g/mol. The summed E-state index contributed by atoms with van der Waals surface area (Å²) in [6, 6.07) is 17.9. The second kappa shape index (κ2) is 24.8. The lowest BCUT2D eigenvalue weighted by molar-refractivity contribution is -0.141. The van der Waals surface area contributed by atoms with E-state index >= 15 is 4.39 Å². The zero-order valence-electron chi connectivity index (χ0n) is 51.6. The van der Waals surface area contributed by atoms with Crippen LogP contribution in [0.1, 0.15) is 128 Å². The second-order valence-electron chi connectivity index (χ2n) is 25.7. The minimum atomic E-state index is -0.883. The van der Waals surface area contributed by atoms with Crippen LogP contribution in [0.3, 0.4) is 0 Å². The molecule has 3 aromatic carbocycles. The number of carbonyl (C=O) groups is 3. The normalized spacial score (nSPS) is 22.6. The van der Waals surface area contributed by atoms with Gasteiger partial charge in [-0.25, -0.2) is 14.2 Å². The summed E-state index contributed by atoms with van der Waals surface area (Å²) in [6.45, 7) is 17.6. The van der Waals surface area contributed by atoms with Crippen molar-refractivity contribution in [2.75, 3.05) is 58.2 Å². The molecule has 22 heteroatoms. The number of carbonyl (C=O) groups excluding carboxylic acids is 3. The van der Waals surface area contributed by atoms with E-state index in [0.29, 0.717) is 54.4 Å². The number of anilines is 1. The first-order chi connectivity index (χ1) is 42.3. The number of nitrogens with one attached hydrogen (secondary N) is 1. The third kappa shape index (κ3) is 12.0. The molecule has 2 unspecified atom stereocenters. The van der Waals surface area contributed by atoms with Crippen LogP contribution in [-0.2, 0) is 25.5 Å². The number of piperazine rings is 1. The van der Waals surface area contributed by atoms with Gasteiger partial charge in [0.25, 0.3) is 5.88 Å². The summed E-state index contributed by atoms with van der Waals surface area (Å²) in [5.41, 5.74) is 5.48. The van der Waals surface area contributed by atoms with Gasteiger partial charge in [0.15, 0.2) is 18.4 Å². The van der Waals surface area contributed by atoms with Crippen LogP contribution >= 0.6 is 11.3 Å². The molecule has 3 amide bonds. The number of nitrogens with zero attached hydrogens (tertiary/aromatic N) is 9. The van der Waals surface area contributed by atoms with Gasteiger partial charge in [-0.15, -0.1) is 11.3 Å². The van der Waals surface area contributed by atoms with Gasteiger partial charge in [0.2, 0.25) is 11.8 Å². The van der Waals surface area contributed by atoms with Crippen molar-refractivity contribution in [3.05, 3.63) is 101 Å². The molecule has 9 heterocycles. The number of hydrogen-bond donors (Lipinski definition) is 2. The van der Waals surface area contributed by atoms with Gasteiger partial charge >= 0.3 is 12.1 Å². The van der Waals surface area contributed by atoms with Gasteiger partial charge in [0.05, 0.1) is 51.2 Å². The molecule has 5 saturated heterocycles. The minimum absolute atomic E-state index is 0.00857. The van der Waals surface area contributed by atoms with Crippen molar-refractivity contribution in [2.45, 2.75) is 160 Å². The number of methoxy groups -OCH3 is 1. The Morgan fingerprint density at radius 3 is 2.45 bits per heavy atom. The number of thiazole rings is 1. The maximum Gasteiger partial charge on any atom is 0.410 e. The summed E-state index contributed by atoms with van der Waals surface area (Å²) in [5.74, 6) is -0.805. The zero-order chi connectivity index (χ0) is 61.8. The quantitative estimate of drug-likeness (QED) is 0.0719. The van der Waals surface area contributed by atoms with Crippen LogP contribution < -0.4 is 24.4 Å². The van der Waals surface area contributed by atoms with Crippen molar-refractivity contribution >= 4 is 56.7 Å². The molecule has 0 spiro atoms. The van der Waals surface area contributed by atoms with Gasteiger partial charge in [0.1, 0.15) is 53.6 Å². The summed E-state index contributed by atoms with van der Waals surface area (Å²) >= 11 is 1.58. The predicted molar refractivity (Wildman–Crippen MR) is 331 cm³/mol. The van der Waals surface area contributed by atoms with Crippen LogP contribution in [0.5, 0.6) is 17.6 Å². The number of hydrogen-bond acceptors (Lipinski definition) is 18. The number of aromatic nitrogens is 5. The highest BCUT2D eigenvalue weighted by molar-refractivity contribution is 7.13. The first-order valence-corrected chi connectivity index (χ1v) is 31.8. The molecule has 8 atom stereocenters. The Labute approximate surface area is 516 Å². The first kappa shape index (κ1) is 60.7. The Hall–Kier alpha value is -7.53. The summed E-state index contributed by atoms with van der Waals surface area (Å²) in [6.07, 6.45) is 6.21. The molecule has 5 aliphatic heterocycles. The Kier molecular flexibility index (Phi) is 17.1. The lowest BCUT2D eigenvalue weighted by atomic mass is 9.91. The summed E-state index contributed by atoms with van der Waals surface area (Å²) in [4.78, 5) is 70.3. The Bertz CT molecular complexity index is 3710. The van der Waals surface area contributed by atoms with Gasteiger partial charge in [-0.2, -0.15) is 9.97 Å². The smallest absolute Gasteiger partial charge is 0.410 e. The van der Waals surface area contributed by atoms with Crippen molar-refractivity contribution in [2.24, 2.45) is 5.92 Å². The highest BCUT2D eigenvalue weighted by Crippen LogP contribution is 2.45. The molecule has 7 aromatic rings. The molecule has 5 aliphatic rings. The standard InChI is InChI=1S/C66H79FN10O10S/c1-10-40-13-11-14-43-25-48(85-36-82-9)27-49(55(40)43)57-56(67)58-50(29-68-57)60(74-30-44-19-20-45(31-74)77(44)64(81)86-65(6,7)8)72-63(71-58)84-34-66-22-12-24-76(66)46(21-23-66)33-83-53-28-52(87-73-53)54(37(2)3)62(80)75-32-47(78)26-51(75)61(79)70-38(4)41-15-17-42(18-16-41)59-39(5)69-35-88-59/h11,13-18,25,27-29,35,37-38,44-47,51,54,78H,10,12,19-24,26,30-34,36H2,1-9H3,(H,70,79)/t38-,44?,45?,46+,47+,51-,54+,66+/m0/s1. The Balaban J connectivity index is 0.758. The zero-order valence-corrected chi connectivity index (χ0v) is 52.4. The molecule has 466 valence electrons. The summed E-state index contributed by atoms with van der Waals surface area (Å²) in [7, 11) is 1.55. The van der Waals surface area contributed by atoms with Crippen molar-refractivity contribution in [3.63, 3.8) is 0 Å². The van der Waals surface area contributed by atoms with E-state index in [1.54, 1.807) is 36.8 Å². The van der Waals surface area contributed by atoms with Crippen molar-refractivity contribution in [1.29, 1.82) is 0 Å². The molecule has 20 nitrogen and oxygen atoms in total. The molecule has 2 N–H and O–H groups in total. The number of pyridine rings is 1. The maximum absolute atomic E-state index is 17.9. The number of halogens is 1. The van der Waals surface area contributed by atoms with Crippen LogP contribution in [-0.4, -0.2) is 158 Å². The molecule has 4 aromatic heterocycles. The lowest BCUT2D eigenvalue weighted by Gasteiger charge is -2.42.